The highest BCUT2D eigenvalue weighted by molar-refractivity contribution is 6.30. The van der Waals surface area contributed by atoms with Gasteiger partial charge >= 0.3 is 5.97 Å². The van der Waals surface area contributed by atoms with Crippen LogP contribution in [0.1, 0.15) is 44.6 Å². The van der Waals surface area contributed by atoms with E-state index in [9.17, 15) is 9.59 Å². The Morgan fingerprint density at radius 2 is 1.81 bits per heavy atom. The lowest BCUT2D eigenvalue weighted by atomic mass is 9.71. The van der Waals surface area contributed by atoms with Gasteiger partial charge in [0.2, 0.25) is 0 Å². The van der Waals surface area contributed by atoms with Gasteiger partial charge in [0, 0.05) is 29.4 Å². The molecule has 2 aliphatic rings. The van der Waals surface area contributed by atoms with E-state index < -0.39 is 0 Å². The van der Waals surface area contributed by atoms with E-state index in [-0.39, 0.29) is 29.5 Å². The molecule has 0 aromatic heterocycles. The minimum absolute atomic E-state index is 0.0914. The van der Waals surface area contributed by atoms with Crippen LogP contribution in [0.25, 0.3) is 0 Å². The van der Waals surface area contributed by atoms with Gasteiger partial charge in [0.1, 0.15) is 5.76 Å². The van der Waals surface area contributed by atoms with E-state index in [0.717, 1.165) is 5.56 Å². The van der Waals surface area contributed by atoms with E-state index in [4.69, 9.17) is 16.3 Å². The Morgan fingerprint density at radius 3 is 2.48 bits per heavy atom. The van der Waals surface area contributed by atoms with Crippen molar-refractivity contribution in [2.24, 2.45) is 5.41 Å². The summed E-state index contributed by atoms with van der Waals surface area (Å²) in [7, 11) is 0. The minimum Gasteiger partial charge on any atom is -0.431 e. The minimum atomic E-state index is -0.265. The number of hydrogen-bond acceptors (Lipinski definition) is 3. The molecular weight excluding hydrogens is 288 g/mol. The number of benzene rings is 1. The quantitative estimate of drug-likeness (QED) is 0.736. The standard InChI is InChI=1S/C17H17ClO3/c1-17(2)8-13(19)16-12(7-15(20)21-14(16)9-17)10-3-5-11(18)6-4-10/h3-6,12H,7-9H2,1-2H3/t12-/m0/s1. The van der Waals surface area contributed by atoms with Crippen LogP contribution in [0.5, 0.6) is 0 Å². The number of ether oxygens (including phenoxy) is 1. The Balaban J connectivity index is 2.06. The Hall–Kier alpha value is -1.61. The number of ketones is 1. The number of carbonyl (C=O) groups excluding carboxylic acids is 2. The number of allylic oxidation sites excluding steroid dienone is 2. The summed E-state index contributed by atoms with van der Waals surface area (Å²) in [6, 6.07) is 7.33. The molecule has 1 aliphatic heterocycles. The number of carbonyl (C=O) groups is 2. The largest absolute Gasteiger partial charge is 0.431 e. The fourth-order valence-electron chi connectivity index (χ4n) is 3.18. The van der Waals surface area contributed by atoms with Crippen LogP contribution >= 0.6 is 11.6 Å². The van der Waals surface area contributed by atoms with Crippen LogP contribution in [0.15, 0.2) is 35.6 Å². The van der Waals surface area contributed by atoms with Crippen molar-refractivity contribution >= 4 is 23.4 Å². The number of hydrogen-bond donors (Lipinski definition) is 0. The van der Waals surface area contributed by atoms with Crippen molar-refractivity contribution in [3.63, 3.8) is 0 Å². The highest BCUT2D eigenvalue weighted by atomic mass is 35.5. The van der Waals surface area contributed by atoms with Crippen LogP contribution in [0.3, 0.4) is 0 Å². The summed E-state index contributed by atoms with van der Waals surface area (Å²) in [5.74, 6) is 0.183. The number of Topliss-reactive ketones (excluding diaryl/α,β-unsaturated/α-hetero) is 1. The summed E-state index contributed by atoms with van der Waals surface area (Å²) in [6.07, 6.45) is 1.34. The van der Waals surface area contributed by atoms with Crippen LogP contribution < -0.4 is 0 Å². The van der Waals surface area contributed by atoms with E-state index >= 15 is 0 Å². The monoisotopic (exact) mass is 304 g/mol. The molecule has 21 heavy (non-hydrogen) atoms. The predicted octanol–water partition coefficient (Wildman–Crippen LogP) is 4.01. The van der Waals surface area contributed by atoms with Crippen LogP contribution in [0, 0.1) is 5.41 Å². The summed E-state index contributed by atoms with van der Waals surface area (Å²) in [4.78, 5) is 24.4. The summed E-state index contributed by atoms with van der Waals surface area (Å²) in [5.41, 5.74) is 1.46. The van der Waals surface area contributed by atoms with Crippen molar-refractivity contribution in [1.82, 2.24) is 0 Å². The predicted molar refractivity (Wildman–Crippen MR) is 80.0 cm³/mol. The highest BCUT2D eigenvalue weighted by Crippen LogP contribution is 2.45. The summed E-state index contributed by atoms with van der Waals surface area (Å²) in [6.45, 7) is 4.04. The molecule has 110 valence electrons. The Kier molecular flexibility index (Phi) is 3.40. The molecule has 0 N–H and O–H groups in total. The van der Waals surface area contributed by atoms with E-state index in [0.29, 0.717) is 29.2 Å². The molecule has 1 aromatic rings. The molecule has 0 bridgehead atoms. The second-order valence-corrected chi connectivity index (χ2v) is 7.00. The van der Waals surface area contributed by atoms with Crippen molar-refractivity contribution < 1.29 is 14.3 Å². The maximum atomic E-state index is 12.5. The number of halogens is 1. The summed E-state index contributed by atoms with van der Waals surface area (Å²) in [5, 5.41) is 0.641. The van der Waals surface area contributed by atoms with Gasteiger partial charge in [0.25, 0.3) is 0 Å². The molecule has 0 amide bonds. The van der Waals surface area contributed by atoms with Crippen LogP contribution in [-0.4, -0.2) is 11.8 Å². The maximum Gasteiger partial charge on any atom is 0.311 e. The Bertz CT molecular complexity index is 641. The molecule has 1 atom stereocenters. The van der Waals surface area contributed by atoms with E-state index in [1.54, 1.807) is 12.1 Å². The van der Waals surface area contributed by atoms with Crippen molar-refractivity contribution in [1.29, 1.82) is 0 Å². The van der Waals surface area contributed by atoms with Gasteiger partial charge in [-0.2, -0.15) is 0 Å². The first-order chi connectivity index (χ1) is 9.85. The lowest BCUT2D eigenvalue weighted by molar-refractivity contribution is -0.142. The smallest absolute Gasteiger partial charge is 0.311 e. The van der Waals surface area contributed by atoms with E-state index in [1.165, 1.54) is 0 Å². The molecule has 0 unspecified atom stereocenters. The molecule has 0 saturated carbocycles. The number of rotatable bonds is 1. The third-order valence-electron chi connectivity index (χ3n) is 4.11. The fraction of sp³-hybridized carbons (Fsp3) is 0.412. The fourth-order valence-corrected chi connectivity index (χ4v) is 3.31. The molecule has 3 nitrogen and oxygen atoms in total. The van der Waals surface area contributed by atoms with Gasteiger partial charge < -0.3 is 4.74 Å². The molecule has 4 heteroatoms. The average molecular weight is 305 g/mol. The van der Waals surface area contributed by atoms with E-state index in [2.05, 4.69) is 0 Å². The zero-order chi connectivity index (χ0) is 15.2. The van der Waals surface area contributed by atoms with Crippen molar-refractivity contribution in [2.45, 2.75) is 39.0 Å². The SMILES string of the molecule is CC1(C)CC(=O)C2=C(C1)OC(=O)C[C@H]2c1ccc(Cl)cc1. The summed E-state index contributed by atoms with van der Waals surface area (Å²) >= 11 is 5.91. The molecule has 0 fully saturated rings. The molecule has 3 rings (SSSR count). The van der Waals surface area contributed by atoms with E-state index in [1.807, 2.05) is 26.0 Å². The van der Waals surface area contributed by atoms with Gasteiger partial charge in [-0.15, -0.1) is 0 Å². The number of esters is 1. The molecule has 0 radical (unpaired) electrons. The molecule has 0 spiro atoms. The third kappa shape index (κ3) is 2.75. The first kappa shape index (κ1) is 14.3. The summed E-state index contributed by atoms with van der Waals surface area (Å²) < 4.78 is 5.37. The van der Waals surface area contributed by atoms with Gasteiger partial charge in [-0.1, -0.05) is 37.6 Å². The van der Waals surface area contributed by atoms with Crippen molar-refractivity contribution in [3.8, 4) is 0 Å². The highest BCUT2D eigenvalue weighted by Gasteiger charge is 2.41. The van der Waals surface area contributed by atoms with Crippen molar-refractivity contribution in [2.75, 3.05) is 0 Å². The first-order valence-electron chi connectivity index (χ1n) is 7.08. The molecular formula is C17H17ClO3. The average Bonchev–Trinajstić information content (AvgIpc) is 2.36. The molecule has 1 heterocycles. The maximum absolute atomic E-state index is 12.5. The lowest BCUT2D eigenvalue weighted by Gasteiger charge is -2.36. The van der Waals surface area contributed by atoms with Gasteiger partial charge in [-0.05, 0) is 23.1 Å². The second-order valence-electron chi connectivity index (χ2n) is 6.56. The second kappa shape index (κ2) is 4.99. The lowest BCUT2D eigenvalue weighted by Crippen LogP contribution is -2.33. The zero-order valence-corrected chi connectivity index (χ0v) is 12.9. The van der Waals surface area contributed by atoms with Crippen molar-refractivity contribution in [3.05, 3.63) is 46.2 Å². The third-order valence-corrected chi connectivity index (χ3v) is 4.36. The van der Waals surface area contributed by atoms with Gasteiger partial charge in [-0.25, -0.2) is 0 Å². The molecule has 1 aromatic carbocycles. The zero-order valence-electron chi connectivity index (χ0n) is 12.1. The van der Waals surface area contributed by atoms with Crippen LogP contribution in [0.2, 0.25) is 5.02 Å². The van der Waals surface area contributed by atoms with Gasteiger partial charge in [0.05, 0.1) is 6.42 Å². The van der Waals surface area contributed by atoms with Gasteiger partial charge in [-0.3, -0.25) is 9.59 Å². The van der Waals surface area contributed by atoms with Gasteiger partial charge in [0.15, 0.2) is 5.78 Å². The first-order valence-corrected chi connectivity index (χ1v) is 7.46. The Morgan fingerprint density at radius 1 is 1.14 bits per heavy atom. The molecule has 0 saturated heterocycles. The van der Waals surface area contributed by atoms with Crippen LogP contribution in [-0.2, 0) is 14.3 Å². The molecule has 1 aliphatic carbocycles. The normalized spacial score (nSPS) is 24.6. The van der Waals surface area contributed by atoms with Crippen LogP contribution in [0.4, 0.5) is 0 Å². The topological polar surface area (TPSA) is 43.4 Å². The Labute approximate surface area is 128 Å².